The Hall–Kier alpha value is -3.06. The second-order valence-electron chi connectivity index (χ2n) is 5.27. The number of esters is 1. The van der Waals surface area contributed by atoms with E-state index in [4.69, 9.17) is 15.3 Å². The molecule has 7 nitrogen and oxygen atoms in total. The number of anilines is 1. The molecule has 132 valence electrons. The van der Waals surface area contributed by atoms with Crippen LogP contribution in [-0.2, 0) is 4.74 Å². The molecule has 0 aliphatic heterocycles. The Morgan fingerprint density at radius 1 is 1.16 bits per heavy atom. The van der Waals surface area contributed by atoms with E-state index in [0.717, 1.165) is 12.8 Å². The van der Waals surface area contributed by atoms with Crippen molar-refractivity contribution in [2.75, 3.05) is 25.0 Å². The van der Waals surface area contributed by atoms with Crippen molar-refractivity contribution < 1.29 is 14.3 Å². The van der Waals surface area contributed by atoms with Crippen LogP contribution in [0, 0.1) is 22.7 Å². The molecule has 0 aromatic heterocycles. The quantitative estimate of drug-likeness (QED) is 0.547. The molecule has 2 amide bonds. The van der Waals surface area contributed by atoms with Gasteiger partial charge in [0, 0.05) is 13.1 Å². The lowest BCUT2D eigenvalue weighted by molar-refractivity contribution is 0.0501. The standard InChI is InChI=1S/C18H22N4O3/c1-2-3-14-25-17(23)15-8-4-5-9-16(15)21-18(24)22(12-6-10-19)13-7-11-20/h4-5,8-9H,2-3,6-7,12-14H2,1H3,(H,21,24). The van der Waals surface area contributed by atoms with E-state index >= 15 is 0 Å². The third-order valence-corrected chi connectivity index (χ3v) is 3.39. The van der Waals surface area contributed by atoms with Gasteiger partial charge in [0.05, 0.1) is 42.8 Å². The number of nitrogens with one attached hydrogen (secondary N) is 1. The number of hydrogen-bond acceptors (Lipinski definition) is 5. The Labute approximate surface area is 147 Å². The number of nitrogens with zero attached hydrogens (tertiary/aromatic N) is 3. The lowest BCUT2D eigenvalue weighted by atomic mass is 10.2. The molecule has 1 N–H and O–H groups in total. The highest BCUT2D eigenvalue weighted by atomic mass is 16.5. The Bertz CT molecular complexity index is 643. The van der Waals surface area contributed by atoms with Gasteiger partial charge >= 0.3 is 12.0 Å². The molecule has 0 atom stereocenters. The number of nitriles is 2. The Balaban J connectivity index is 2.82. The predicted octanol–water partition coefficient (Wildman–Crippen LogP) is 3.30. The summed E-state index contributed by atoms with van der Waals surface area (Å²) >= 11 is 0. The maximum absolute atomic E-state index is 12.4. The molecule has 0 aliphatic rings. The van der Waals surface area contributed by atoms with Crippen molar-refractivity contribution in [3.63, 3.8) is 0 Å². The van der Waals surface area contributed by atoms with Crippen molar-refractivity contribution in [3.8, 4) is 12.1 Å². The minimum atomic E-state index is -0.495. The summed E-state index contributed by atoms with van der Waals surface area (Å²) in [4.78, 5) is 25.9. The highest BCUT2D eigenvalue weighted by Gasteiger charge is 2.17. The van der Waals surface area contributed by atoms with E-state index in [9.17, 15) is 9.59 Å². The number of unbranched alkanes of at least 4 members (excludes halogenated alkanes) is 1. The van der Waals surface area contributed by atoms with Crippen molar-refractivity contribution in [3.05, 3.63) is 29.8 Å². The number of hydrogen-bond donors (Lipinski definition) is 1. The average molecular weight is 342 g/mol. The summed E-state index contributed by atoms with van der Waals surface area (Å²) in [5, 5.41) is 20.1. The van der Waals surface area contributed by atoms with E-state index in [1.807, 2.05) is 19.1 Å². The molecule has 7 heteroatoms. The molecule has 0 radical (unpaired) electrons. The number of urea groups is 1. The van der Waals surface area contributed by atoms with E-state index < -0.39 is 12.0 Å². The van der Waals surface area contributed by atoms with Gasteiger partial charge in [-0.3, -0.25) is 0 Å². The van der Waals surface area contributed by atoms with Crippen LogP contribution in [0.1, 0.15) is 43.0 Å². The molecule has 0 fully saturated rings. The molecule has 0 saturated carbocycles. The summed E-state index contributed by atoms with van der Waals surface area (Å²) < 4.78 is 5.19. The van der Waals surface area contributed by atoms with Crippen LogP contribution in [0.2, 0.25) is 0 Å². The average Bonchev–Trinajstić information content (AvgIpc) is 2.62. The van der Waals surface area contributed by atoms with Gasteiger partial charge in [0.1, 0.15) is 0 Å². The molecule has 25 heavy (non-hydrogen) atoms. The molecule has 0 saturated heterocycles. The summed E-state index contributed by atoms with van der Waals surface area (Å²) in [7, 11) is 0. The fraction of sp³-hybridized carbons (Fsp3) is 0.444. The van der Waals surface area contributed by atoms with Crippen molar-refractivity contribution >= 4 is 17.7 Å². The molecule has 1 aromatic carbocycles. The normalized spacial score (nSPS) is 9.56. The minimum absolute atomic E-state index is 0.166. The van der Waals surface area contributed by atoms with Crippen LogP contribution in [0.3, 0.4) is 0 Å². The Morgan fingerprint density at radius 2 is 1.80 bits per heavy atom. The van der Waals surface area contributed by atoms with Gasteiger partial charge in [-0.25, -0.2) is 9.59 Å². The lowest BCUT2D eigenvalue weighted by Gasteiger charge is -2.21. The van der Waals surface area contributed by atoms with Crippen LogP contribution in [0.15, 0.2) is 24.3 Å². The first-order valence-corrected chi connectivity index (χ1v) is 8.20. The largest absolute Gasteiger partial charge is 0.462 e. The van der Waals surface area contributed by atoms with Gasteiger partial charge in [-0.1, -0.05) is 25.5 Å². The van der Waals surface area contributed by atoms with Gasteiger partial charge in [0.25, 0.3) is 0 Å². The number of carbonyl (C=O) groups excluding carboxylic acids is 2. The predicted molar refractivity (Wildman–Crippen MR) is 92.7 cm³/mol. The zero-order valence-electron chi connectivity index (χ0n) is 14.3. The van der Waals surface area contributed by atoms with Crippen molar-refractivity contribution in [1.29, 1.82) is 10.5 Å². The smallest absolute Gasteiger partial charge is 0.340 e. The topological polar surface area (TPSA) is 106 Å². The number of carbonyl (C=O) groups is 2. The van der Waals surface area contributed by atoms with Gasteiger partial charge in [-0.05, 0) is 18.6 Å². The minimum Gasteiger partial charge on any atom is -0.462 e. The monoisotopic (exact) mass is 342 g/mol. The van der Waals surface area contributed by atoms with E-state index in [0.29, 0.717) is 12.3 Å². The zero-order valence-corrected chi connectivity index (χ0v) is 14.3. The first-order valence-electron chi connectivity index (χ1n) is 8.20. The summed E-state index contributed by atoms with van der Waals surface area (Å²) in [6.07, 6.45) is 2.02. The van der Waals surface area contributed by atoms with E-state index in [2.05, 4.69) is 5.32 Å². The number of para-hydroxylation sites is 1. The van der Waals surface area contributed by atoms with Crippen molar-refractivity contribution in [1.82, 2.24) is 4.90 Å². The van der Waals surface area contributed by atoms with Gasteiger partial charge in [0.2, 0.25) is 0 Å². The van der Waals surface area contributed by atoms with Gasteiger partial charge < -0.3 is 15.0 Å². The van der Waals surface area contributed by atoms with Crippen LogP contribution >= 0.6 is 0 Å². The van der Waals surface area contributed by atoms with Crippen molar-refractivity contribution in [2.45, 2.75) is 32.6 Å². The molecule has 1 aromatic rings. The Kier molecular flexibility index (Phi) is 9.17. The third-order valence-electron chi connectivity index (χ3n) is 3.39. The number of benzene rings is 1. The highest BCUT2D eigenvalue weighted by molar-refractivity contribution is 6.00. The van der Waals surface area contributed by atoms with Crippen LogP contribution in [0.25, 0.3) is 0 Å². The Morgan fingerprint density at radius 3 is 2.40 bits per heavy atom. The number of amides is 2. The van der Waals surface area contributed by atoms with E-state index in [1.165, 1.54) is 4.90 Å². The summed E-state index contributed by atoms with van der Waals surface area (Å²) in [6.45, 7) is 2.76. The van der Waals surface area contributed by atoms with Crippen LogP contribution in [-0.4, -0.2) is 36.6 Å². The van der Waals surface area contributed by atoms with E-state index in [-0.39, 0.29) is 31.5 Å². The molecule has 0 heterocycles. The molecule has 1 rings (SSSR count). The molecular weight excluding hydrogens is 320 g/mol. The summed E-state index contributed by atoms with van der Waals surface area (Å²) in [5.74, 6) is -0.495. The molecular formula is C18H22N4O3. The molecule has 0 aliphatic carbocycles. The fourth-order valence-electron chi connectivity index (χ4n) is 2.04. The first kappa shape index (κ1) is 20.0. The molecule has 0 unspecified atom stereocenters. The molecule has 0 bridgehead atoms. The van der Waals surface area contributed by atoms with Crippen LogP contribution < -0.4 is 5.32 Å². The lowest BCUT2D eigenvalue weighted by Crippen LogP contribution is -2.36. The van der Waals surface area contributed by atoms with Gasteiger partial charge in [-0.2, -0.15) is 10.5 Å². The SMILES string of the molecule is CCCCOC(=O)c1ccccc1NC(=O)N(CCC#N)CCC#N. The zero-order chi connectivity index (χ0) is 18.5. The van der Waals surface area contributed by atoms with E-state index in [1.54, 1.807) is 24.3 Å². The second-order valence-corrected chi connectivity index (χ2v) is 5.27. The first-order chi connectivity index (χ1) is 12.1. The van der Waals surface area contributed by atoms with Gasteiger partial charge in [0.15, 0.2) is 0 Å². The maximum Gasteiger partial charge on any atom is 0.340 e. The third kappa shape index (κ3) is 6.92. The van der Waals surface area contributed by atoms with Crippen LogP contribution in [0.4, 0.5) is 10.5 Å². The van der Waals surface area contributed by atoms with Gasteiger partial charge in [-0.15, -0.1) is 0 Å². The van der Waals surface area contributed by atoms with Crippen LogP contribution in [0.5, 0.6) is 0 Å². The second kappa shape index (κ2) is 11.5. The maximum atomic E-state index is 12.4. The molecule has 0 spiro atoms. The van der Waals surface area contributed by atoms with Crippen molar-refractivity contribution in [2.24, 2.45) is 0 Å². The number of rotatable bonds is 9. The summed E-state index contributed by atoms with van der Waals surface area (Å²) in [6, 6.07) is 10.1. The fourth-order valence-corrected chi connectivity index (χ4v) is 2.04. The highest BCUT2D eigenvalue weighted by Crippen LogP contribution is 2.17. The number of ether oxygens (including phenoxy) is 1. The summed E-state index contributed by atoms with van der Waals surface area (Å²) in [5.41, 5.74) is 0.611.